The van der Waals surface area contributed by atoms with Gasteiger partial charge < -0.3 is 9.64 Å². The third-order valence-electron chi connectivity index (χ3n) is 3.90. The average molecular weight is 382 g/mol. The zero-order valence-corrected chi connectivity index (χ0v) is 15.9. The molecule has 3 aromatic rings. The Morgan fingerprint density at radius 2 is 1.96 bits per heavy atom. The van der Waals surface area contributed by atoms with Crippen LogP contribution in [0.4, 0.5) is 10.1 Å². The zero-order valence-electron chi connectivity index (χ0n) is 15.1. The first-order valence-corrected chi connectivity index (χ1v) is 9.25. The number of hydrogen-bond acceptors (Lipinski definition) is 4. The number of benzene rings is 2. The topological polar surface area (TPSA) is 42.4 Å². The largest absolute Gasteiger partial charge is 0.487 e. The quantitative estimate of drug-likeness (QED) is 0.573. The molecule has 0 saturated carbocycles. The second-order valence-corrected chi connectivity index (χ2v) is 6.96. The number of hydrogen-bond donors (Lipinski definition) is 0. The SMILES string of the molecule is Cc1nc(COc2ccc(C=CC(=O)N(C)c3ccccc3F)cc2)cs1. The summed E-state index contributed by atoms with van der Waals surface area (Å²) in [6.07, 6.45) is 3.10. The molecule has 0 spiro atoms. The van der Waals surface area contributed by atoms with Gasteiger partial charge in [-0.1, -0.05) is 24.3 Å². The molecular formula is C21H19FN2O2S. The van der Waals surface area contributed by atoms with Gasteiger partial charge in [-0.05, 0) is 42.8 Å². The van der Waals surface area contributed by atoms with Gasteiger partial charge in [0.05, 0.1) is 16.4 Å². The zero-order chi connectivity index (χ0) is 19.2. The van der Waals surface area contributed by atoms with Crippen molar-refractivity contribution in [2.45, 2.75) is 13.5 Å². The minimum absolute atomic E-state index is 0.244. The van der Waals surface area contributed by atoms with Crippen molar-refractivity contribution in [2.24, 2.45) is 0 Å². The average Bonchev–Trinajstić information content (AvgIpc) is 3.10. The first-order valence-electron chi connectivity index (χ1n) is 8.37. The van der Waals surface area contributed by atoms with E-state index in [1.165, 1.54) is 17.0 Å². The number of aromatic nitrogens is 1. The third-order valence-corrected chi connectivity index (χ3v) is 4.72. The summed E-state index contributed by atoms with van der Waals surface area (Å²) < 4.78 is 19.5. The van der Waals surface area contributed by atoms with Crippen LogP contribution < -0.4 is 9.64 Å². The molecule has 0 atom stereocenters. The molecule has 0 saturated heterocycles. The summed E-state index contributed by atoms with van der Waals surface area (Å²) >= 11 is 1.59. The molecule has 6 heteroatoms. The fraction of sp³-hybridized carbons (Fsp3) is 0.143. The summed E-state index contributed by atoms with van der Waals surface area (Å²) in [6, 6.07) is 13.6. The number of anilines is 1. The van der Waals surface area contributed by atoms with E-state index in [4.69, 9.17) is 4.74 Å². The molecule has 0 aliphatic carbocycles. The minimum Gasteiger partial charge on any atom is -0.487 e. The number of carbonyl (C=O) groups is 1. The van der Waals surface area contributed by atoms with Crippen LogP contribution in [-0.4, -0.2) is 17.9 Å². The monoisotopic (exact) mass is 382 g/mol. The second kappa shape index (κ2) is 8.60. The number of likely N-dealkylation sites (N-methyl/N-ethyl adjacent to an activating group) is 1. The molecule has 138 valence electrons. The van der Waals surface area contributed by atoms with Gasteiger partial charge in [0.15, 0.2) is 0 Å². The van der Waals surface area contributed by atoms with Crippen molar-refractivity contribution in [2.75, 3.05) is 11.9 Å². The lowest BCUT2D eigenvalue weighted by atomic mass is 10.2. The summed E-state index contributed by atoms with van der Waals surface area (Å²) in [4.78, 5) is 17.9. The van der Waals surface area contributed by atoms with Crippen LogP contribution in [0.5, 0.6) is 5.75 Å². The van der Waals surface area contributed by atoms with Crippen LogP contribution in [0.15, 0.2) is 60.0 Å². The van der Waals surface area contributed by atoms with E-state index in [-0.39, 0.29) is 11.6 Å². The molecular weight excluding hydrogens is 363 g/mol. The van der Waals surface area contributed by atoms with Crippen molar-refractivity contribution in [3.05, 3.63) is 82.1 Å². The predicted octanol–water partition coefficient (Wildman–Crippen LogP) is 4.85. The number of carbonyl (C=O) groups excluding carboxylic acids is 1. The maximum atomic E-state index is 13.8. The minimum atomic E-state index is -0.432. The Bertz CT molecular complexity index is 951. The number of ether oxygens (including phenoxy) is 1. The number of rotatable bonds is 6. The highest BCUT2D eigenvalue weighted by atomic mass is 32.1. The van der Waals surface area contributed by atoms with Gasteiger partial charge in [0.25, 0.3) is 5.91 Å². The Kier molecular flexibility index (Phi) is 5.98. The fourth-order valence-electron chi connectivity index (χ4n) is 2.43. The summed E-state index contributed by atoms with van der Waals surface area (Å²) in [5.41, 5.74) is 2.00. The lowest BCUT2D eigenvalue weighted by Gasteiger charge is -2.15. The number of nitrogens with zero attached hydrogens (tertiary/aromatic N) is 2. The van der Waals surface area contributed by atoms with E-state index >= 15 is 0 Å². The molecule has 1 heterocycles. The fourth-order valence-corrected chi connectivity index (χ4v) is 3.03. The van der Waals surface area contributed by atoms with Crippen molar-refractivity contribution in [1.29, 1.82) is 0 Å². The van der Waals surface area contributed by atoms with Crippen molar-refractivity contribution >= 4 is 29.0 Å². The highest BCUT2D eigenvalue weighted by molar-refractivity contribution is 7.09. The third kappa shape index (κ3) is 5.01. The van der Waals surface area contributed by atoms with Crippen molar-refractivity contribution in [3.63, 3.8) is 0 Å². The molecule has 27 heavy (non-hydrogen) atoms. The van der Waals surface area contributed by atoms with Gasteiger partial charge in [-0.3, -0.25) is 4.79 Å². The van der Waals surface area contributed by atoms with E-state index in [1.807, 2.05) is 36.6 Å². The first-order chi connectivity index (χ1) is 13.0. The van der Waals surface area contributed by atoms with Gasteiger partial charge in [0.1, 0.15) is 18.2 Å². The van der Waals surface area contributed by atoms with E-state index in [1.54, 1.807) is 42.7 Å². The van der Waals surface area contributed by atoms with Crippen LogP contribution in [0, 0.1) is 12.7 Å². The van der Waals surface area contributed by atoms with E-state index in [2.05, 4.69) is 4.98 Å². The molecule has 4 nitrogen and oxygen atoms in total. The van der Waals surface area contributed by atoms with E-state index in [9.17, 15) is 9.18 Å². The van der Waals surface area contributed by atoms with Gasteiger partial charge >= 0.3 is 0 Å². The molecule has 0 fully saturated rings. The Labute approximate surface area is 161 Å². The summed E-state index contributed by atoms with van der Waals surface area (Å²) in [5, 5.41) is 2.99. The Balaban J connectivity index is 1.58. The molecule has 0 radical (unpaired) electrons. The molecule has 0 unspecified atom stereocenters. The van der Waals surface area contributed by atoms with Crippen molar-refractivity contribution in [3.8, 4) is 5.75 Å². The van der Waals surface area contributed by atoms with E-state index < -0.39 is 5.82 Å². The molecule has 3 rings (SSSR count). The van der Waals surface area contributed by atoms with Crippen LogP contribution in [-0.2, 0) is 11.4 Å². The van der Waals surface area contributed by atoms with Gasteiger partial charge in [-0.15, -0.1) is 11.3 Å². The van der Waals surface area contributed by atoms with Gasteiger partial charge in [0, 0.05) is 18.5 Å². The first kappa shape index (κ1) is 18.8. The number of aryl methyl sites for hydroxylation is 1. The lowest BCUT2D eigenvalue weighted by molar-refractivity contribution is -0.113. The number of thiazole rings is 1. The van der Waals surface area contributed by atoms with Gasteiger partial charge in [-0.25, -0.2) is 9.37 Å². The van der Waals surface area contributed by atoms with Crippen LogP contribution >= 0.6 is 11.3 Å². The lowest BCUT2D eigenvalue weighted by Crippen LogP contribution is -2.24. The van der Waals surface area contributed by atoms with Gasteiger partial charge in [-0.2, -0.15) is 0 Å². The second-order valence-electron chi connectivity index (χ2n) is 5.90. The van der Waals surface area contributed by atoms with Gasteiger partial charge in [0.2, 0.25) is 0 Å². The maximum Gasteiger partial charge on any atom is 0.250 e. The molecule has 1 aromatic heterocycles. The molecule has 0 aliphatic rings. The molecule has 0 aliphatic heterocycles. The standard InChI is InChI=1S/C21H19FN2O2S/c1-15-23-17(14-27-15)13-26-18-10-7-16(8-11-18)9-12-21(25)24(2)20-6-4-3-5-19(20)22/h3-12,14H,13H2,1-2H3. The van der Waals surface area contributed by atoms with Crippen LogP contribution in [0.3, 0.4) is 0 Å². The van der Waals surface area contributed by atoms with Crippen LogP contribution in [0.25, 0.3) is 6.08 Å². The highest BCUT2D eigenvalue weighted by Gasteiger charge is 2.11. The Hall–Kier alpha value is -2.99. The Morgan fingerprint density at radius 3 is 2.63 bits per heavy atom. The summed E-state index contributed by atoms with van der Waals surface area (Å²) in [7, 11) is 1.54. The van der Waals surface area contributed by atoms with Crippen LogP contribution in [0.1, 0.15) is 16.3 Å². The number of para-hydroxylation sites is 1. The van der Waals surface area contributed by atoms with E-state index in [0.29, 0.717) is 6.61 Å². The molecule has 1 amide bonds. The van der Waals surface area contributed by atoms with Crippen molar-refractivity contribution in [1.82, 2.24) is 4.98 Å². The molecule has 0 N–H and O–H groups in total. The summed E-state index contributed by atoms with van der Waals surface area (Å²) in [6.45, 7) is 2.38. The number of amides is 1. The van der Waals surface area contributed by atoms with Crippen LogP contribution in [0.2, 0.25) is 0 Å². The molecule has 0 bridgehead atoms. The normalized spacial score (nSPS) is 10.9. The van der Waals surface area contributed by atoms with E-state index in [0.717, 1.165) is 22.0 Å². The summed E-state index contributed by atoms with van der Waals surface area (Å²) in [5.74, 6) is -0.00881. The Morgan fingerprint density at radius 1 is 1.22 bits per heavy atom. The predicted molar refractivity (Wildman–Crippen MR) is 106 cm³/mol. The highest BCUT2D eigenvalue weighted by Crippen LogP contribution is 2.19. The smallest absolute Gasteiger partial charge is 0.250 e. The van der Waals surface area contributed by atoms with Crippen molar-refractivity contribution < 1.29 is 13.9 Å². The number of halogens is 1. The molecule has 2 aromatic carbocycles. The maximum absolute atomic E-state index is 13.8.